The fraction of sp³-hybridized carbons (Fsp3) is 0.143. The highest BCUT2D eigenvalue weighted by Gasteiger charge is 2.28. The minimum absolute atomic E-state index is 0.188. The maximum atomic E-state index is 12.5. The molecule has 0 aromatic heterocycles. The van der Waals surface area contributed by atoms with Crippen LogP contribution in [-0.4, -0.2) is 15.5 Å². The predicted molar refractivity (Wildman–Crippen MR) is 74.8 cm³/mol. The van der Waals surface area contributed by atoms with Gasteiger partial charge in [-0.1, -0.05) is 41.9 Å². The molecule has 5 heteroatoms. The van der Waals surface area contributed by atoms with Crippen LogP contribution < -0.4 is 0 Å². The smallest absolute Gasteiger partial charge is 0.209 e. The van der Waals surface area contributed by atoms with Crippen molar-refractivity contribution < 1.29 is 13.2 Å². The zero-order valence-electron chi connectivity index (χ0n) is 10.3. The SMILES string of the molecule is COC(c1ccccc1)S(=O)(=O)c1ccc(Cl)cc1. The monoisotopic (exact) mass is 296 g/mol. The molecule has 2 aromatic rings. The van der Waals surface area contributed by atoms with E-state index in [2.05, 4.69) is 0 Å². The highest BCUT2D eigenvalue weighted by Crippen LogP contribution is 2.29. The van der Waals surface area contributed by atoms with Crippen molar-refractivity contribution in [3.63, 3.8) is 0 Å². The third kappa shape index (κ3) is 2.97. The van der Waals surface area contributed by atoms with Gasteiger partial charge in [0.15, 0.2) is 5.44 Å². The van der Waals surface area contributed by atoms with Crippen molar-refractivity contribution in [3.8, 4) is 0 Å². The summed E-state index contributed by atoms with van der Waals surface area (Å²) in [7, 11) is -2.22. The third-order valence-electron chi connectivity index (χ3n) is 2.71. The molecular weight excluding hydrogens is 284 g/mol. The molecule has 0 heterocycles. The molecule has 2 aromatic carbocycles. The van der Waals surface area contributed by atoms with Crippen LogP contribution in [0.5, 0.6) is 0 Å². The summed E-state index contributed by atoms with van der Waals surface area (Å²) >= 11 is 5.77. The zero-order valence-corrected chi connectivity index (χ0v) is 11.9. The Morgan fingerprint density at radius 1 is 1.00 bits per heavy atom. The van der Waals surface area contributed by atoms with E-state index in [0.717, 1.165) is 0 Å². The lowest BCUT2D eigenvalue weighted by Crippen LogP contribution is -2.15. The molecule has 0 aliphatic heterocycles. The second-order valence-corrected chi connectivity index (χ2v) is 6.40. The van der Waals surface area contributed by atoms with Crippen LogP contribution in [0.4, 0.5) is 0 Å². The maximum absolute atomic E-state index is 12.5. The van der Waals surface area contributed by atoms with E-state index in [1.54, 1.807) is 36.4 Å². The van der Waals surface area contributed by atoms with Crippen molar-refractivity contribution in [2.45, 2.75) is 10.3 Å². The summed E-state index contributed by atoms with van der Waals surface area (Å²) in [6.45, 7) is 0. The molecule has 0 bridgehead atoms. The minimum Gasteiger partial charge on any atom is -0.360 e. The number of hydrogen-bond donors (Lipinski definition) is 0. The first-order valence-corrected chi connectivity index (χ1v) is 7.55. The molecule has 19 heavy (non-hydrogen) atoms. The van der Waals surface area contributed by atoms with Crippen LogP contribution in [0.3, 0.4) is 0 Å². The Balaban J connectivity index is 2.45. The molecule has 0 aliphatic rings. The molecule has 0 amide bonds. The second kappa shape index (κ2) is 5.74. The summed E-state index contributed by atoms with van der Waals surface area (Å²) in [6, 6.07) is 14.9. The zero-order chi connectivity index (χ0) is 13.9. The van der Waals surface area contributed by atoms with Gasteiger partial charge < -0.3 is 4.74 Å². The molecule has 0 saturated heterocycles. The summed E-state index contributed by atoms with van der Waals surface area (Å²) in [5.74, 6) is 0. The van der Waals surface area contributed by atoms with E-state index in [9.17, 15) is 8.42 Å². The molecule has 2 rings (SSSR count). The number of rotatable bonds is 4. The summed E-state index contributed by atoms with van der Waals surface area (Å²) in [6.07, 6.45) is 0. The average Bonchev–Trinajstić information content (AvgIpc) is 2.41. The lowest BCUT2D eigenvalue weighted by atomic mass is 10.2. The second-order valence-electron chi connectivity index (χ2n) is 3.98. The van der Waals surface area contributed by atoms with Crippen molar-refractivity contribution >= 4 is 21.4 Å². The normalized spacial score (nSPS) is 13.2. The lowest BCUT2D eigenvalue weighted by molar-refractivity contribution is 0.166. The van der Waals surface area contributed by atoms with E-state index in [1.165, 1.54) is 19.2 Å². The quantitative estimate of drug-likeness (QED) is 0.868. The van der Waals surface area contributed by atoms with Crippen molar-refractivity contribution in [1.29, 1.82) is 0 Å². The van der Waals surface area contributed by atoms with Crippen molar-refractivity contribution in [2.75, 3.05) is 7.11 Å². The highest BCUT2D eigenvalue weighted by atomic mass is 35.5. The van der Waals surface area contributed by atoms with E-state index in [1.807, 2.05) is 6.07 Å². The highest BCUT2D eigenvalue weighted by molar-refractivity contribution is 7.91. The molecule has 100 valence electrons. The van der Waals surface area contributed by atoms with Gasteiger partial charge in [-0.25, -0.2) is 8.42 Å². The number of sulfone groups is 1. The summed E-state index contributed by atoms with van der Waals surface area (Å²) < 4.78 is 30.2. The first kappa shape index (κ1) is 14.1. The predicted octanol–water partition coefficient (Wildman–Crippen LogP) is 3.46. The Morgan fingerprint density at radius 2 is 1.58 bits per heavy atom. The Kier molecular flexibility index (Phi) is 4.24. The lowest BCUT2D eigenvalue weighted by Gasteiger charge is -2.16. The van der Waals surface area contributed by atoms with Crippen molar-refractivity contribution in [1.82, 2.24) is 0 Å². The molecule has 0 saturated carbocycles. The maximum Gasteiger partial charge on any atom is 0.209 e. The average molecular weight is 297 g/mol. The Labute approximate surface area is 117 Å². The van der Waals surface area contributed by atoms with Gasteiger partial charge in [0.05, 0.1) is 4.90 Å². The molecule has 0 radical (unpaired) electrons. The van der Waals surface area contributed by atoms with Gasteiger partial charge in [0, 0.05) is 12.1 Å². The number of hydrogen-bond acceptors (Lipinski definition) is 3. The van der Waals surface area contributed by atoms with Crippen LogP contribution in [0, 0.1) is 0 Å². The van der Waals surface area contributed by atoms with Gasteiger partial charge in [0.1, 0.15) is 0 Å². The van der Waals surface area contributed by atoms with E-state index in [0.29, 0.717) is 10.6 Å². The summed E-state index contributed by atoms with van der Waals surface area (Å²) in [5, 5.41) is 0.493. The molecular formula is C14H13ClO3S. The molecule has 1 atom stereocenters. The van der Waals surface area contributed by atoms with Gasteiger partial charge in [0.2, 0.25) is 9.84 Å². The van der Waals surface area contributed by atoms with E-state index in [-0.39, 0.29) is 4.90 Å². The molecule has 0 spiro atoms. The van der Waals surface area contributed by atoms with E-state index >= 15 is 0 Å². The molecule has 3 nitrogen and oxygen atoms in total. The first-order chi connectivity index (χ1) is 9.05. The minimum atomic E-state index is -3.60. The summed E-state index contributed by atoms with van der Waals surface area (Å²) in [4.78, 5) is 0.188. The van der Waals surface area contributed by atoms with Gasteiger partial charge in [0.25, 0.3) is 0 Å². The molecule has 0 fully saturated rings. The fourth-order valence-corrected chi connectivity index (χ4v) is 3.46. The summed E-state index contributed by atoms with van der Waals surface area (Å²) in [5.41, 5.74) is -0.421. The first-order valence-electron chi connectivity index (χ1n) is 5.63. The van der Waals surface area contributed by atoms with Crippen molar-refractivity contribution in [3.05, 3.63) is 65.2 Å². The van der Waals surface area contributed by atoms with E-state index in [4.69, 9.17) is 16.3 Å². The standard InChI is InChI=1S/C14H13ClO3S/c1-18-14(11-5-3-2-4-6-11)19(16,17)13-9-7-12(15)8-10-13/h2-10,14H,1H3. The van der Waals surface area contributed by atoms with E-state index < -0.39 is 15.3 Å². The van der Waals surface area contributed by atoms with Gasteiger partial charge in [-0.15, -0.1) is 0 Å². The number of halogens is 1. The Hall–Kier alpha value is -1.36. The third-order valence-corrected chi connectivity index (χ3v) is 4.92. The van der Waals surface area contributed by atoms with Crippen molar-refractivity contribution in [2.24, 2.45) is 0 Å². The van der Waals surface area contributed by atoms with Gasteiger partial charge in [-0.2, -0.15) is 0 Å². The number of methoxy groups -OCH3 is 1. The van der Waals surface area contributed by atoms with Gasteiger partial charge in [-0.05, 0) is 29.8 Å². The van der Waals surface area contributed by atoms with Crippen LogP contribution >= 0.6 is 11.6 Å². The van der Waals surface area contributed by atoms with Crippen LogP contribution in [0.15, 0.2) is 59.5 Å². The molecule has 0 N–H and O–H groups in total. The fourth-order valence-electron chi connectivity index (χ4n) is 1.80. The Bertz CT molecular complexity index is 636. The van der Waals surface area contributed by atoms with Crippen LogP contribution in [0.1, 0.15) is 11.0 Å². The number of benzene rings is 2. The van der Waals surface area contributed by atoms with Gasteiger partial charge in [-0.3, -0.25) is 0 Å². The number of ether oxygens (including phenoxy) is 1. The van der Waals surface area contributed by atoms with Crippen LogP contribution in [-0.2, 0) is 14.6 Å². The molecule has 1 unspecified atom stereocenters. The van der Waals surface area contributed by atoms with Crippen LogP contribution in [0.2, 0.25) is 5.02 Å². The van der Waals surface area contributed by atoms with Crippen LogP contribution in [0.25, 0.3) is 0 Å². The molecule has 0 aliphatic carbocycles. The van der Waals surface area contributed by atoms with Gasteiger partial charge >= 0.3 is 0 Å². The largest absolute Gasteiger partial charge is 0.360 e. The Morgan fingerprint density at radius 3 is 2.11 bits per heavy atom. The topological polar surface area (TPSA) is 43.4 Å².